The number of rotatable bonds is 49. The van der Waals surface area contributed by atoms with Crippen molar-refractivity contribution in [3.05, 3.63) is 24.3 Å². The molecule has 2 fully saturated rings. The second-order valence-electron chi connectivity index (χ2n) is 21.8. The first-order valence-corrected chi connectivity index (χ1v) is 30.6. The Morgan fingerprint density at radius 1 is 0.473 bits per heavy atom. The molecule has 12 unspecified atom stereocenters. The smallest absolute Gasteiger partial charge is 0.220 e. The maximum Gasteiger partial charge on any atom is 0.220 e. The molecule has 0 spiro atoms. The maximum atomic E-state index is 13.3. The Labute approximate surface area is 449 Å². The minimum atomic E-state index is -1.79. The quantitative estimate of drug-likeness (QED) is 0.0204. The highest BCUT2D eigenvalue weighted by Crippen LogP contribution is 2.30. The van der Waals surface area contributed by atoms with Crippen LogP contribution in [0.15, 0.2) is 24.3 Å². The fourth-order valence-corrected chi connectivity index (χ4v) is 10.2. The summed E-state index contributed by atoms with van der Waals surface area (Å²) >= 11 is 0. The van der Waals surface area contributed by atoms with E-state index < -0.39 is 86.8 Å². The Morgan fingerprint density at radius 2 is 0.851 bits per heavy atom. The third-order valence-electron chi connectivity index (χ3n) is 15.1. The molecule has 12 atom stereocenters. The molecule has 0 aromatic heterocycles. The minimum Gasteiger partial charge on any atom is -0.394 e. The van der Waals surface area contributed by atoms with Crippen LogP contribution in [0.25, 0.3) is 0 Å². The Kier molecular flexibility index (Phi) is 43.0. The fraction of sp³-hybridized carbons (Fsp3) is 0.917. The standard InChI is InChI=1S/C60H113NO13/c1-3-5-7-9-11-13-15-17-19-21-22-23-24-25-26-28-30-32-34-36-38-40-42-44-52(65)61-48(49(64)43-41-39-37-35-33-31-29-27-20-18-16-14-12-10-8-6-4-2)47-71-59-57(70)55(68)58(51(46-63)73-59)74-60-56(69)54(67)53(66)50(45-62)72-60/h21-22,41,43,48-51,53-60,62-64,66-70H,3-20,23-40,42,44-47H2,1-2H3,(H,61,65)/b22-21-,43-41+. The molecule has 0 radical (unpaired) electrons. The third-order valence-corrected chi connectivity index (χ3v) is 15.1. The zero-order valence-electron chi connectivity index (χ0n) is 46.8. The van der Waals surface area contributed by atoms with E-state index >= 15 is 0 Å². The van der Waals surface area contributed by atoms with Crippen molar-refractivity contribution >= 4 is 5.91 Å². The van der Waals surface area contributed by atoms with E-state index in [1.54, 1.807) is 6.08 Å². The van der Waals surface area contributed by atoms with Gasteiger partial charge >= 0.3 is 0 Å². The number of hydrogen-bond donors (Lipinski definition) is 9. The van der Waals surface area contributed by atoms with Crippen LogP contribution in [-0.4, -0.2) is 140 Å². The number of hydrogen-bond acceptors (Lipinski definition) is 13. The number of aliphatic hydroxyl groups is 8. The van der Waals surface area contributed by atoms with E-state index in [1.165, 1.54) is 193 Å². The topological polar surface area (TPSA) is 228 Å². The summed E-state index contributed by atoms with van der Waals surface area (Å²) in [7, 11) is 0. The van der Waals surface area contributed by atoms with Crippen LogP contribution in [0.2, 0.25) is 0 Å². The van der Waals surface area contributed by atoms with E-state index in [9.17, 15) is 45.6 Å². The summed E-state index contributed by atoms with van der Waals surface area (Å²) in [5.41, 5.74) is 0. The van der Waals surface area contributed by atoms with Crippen molar-refractivity contribution < 1.29 is 64.6 Å². The van der Waals surface area contributed by atoms with Crippen LogP contribution in [0.3, 0.4) is 0 Å². The van der Waals surface area contributed by atoms with E-state index in [1.807, 2.05) is 6.08 Å². The van der Waals surface area contributed by atoms with Gasteiger partial charge in [0, 0.05) is 6.42 Å². The molecule has 1 amide bonds. The highest BCUT2D eigenvalue weighted by atomic mass is 16.7. The van der Waals surface area contributed by atoms with Crippen molar-refractivity contribution in [3.8, 4) is 0 Å². The van der Waals surface area contributed by atoms with Gasteiger partial charge in [-0.05, 0) is 44.9 Å². The molecule has 0 aliphatic carbocycles. The molecule has 0 saturated carbocycles. The lowest BCUT2D eigenvalue weighted by Crippen LogP contribution is -2.65. The lowest BCUT2D eigenvalue weighted by molar-refractivity contribution is -0.359. The van der Waals surface area contributed by atoms with Crippen LogP contribution < -0.4 is 5.32 Å². The fourth-order valence-electron chi connectivity index (χ4n) is 10.2. The van der Waals surface area contributed by atoms with Crippen molar-refractivity contribution in [2.24, 2.45) is 0 Å². The molecule has 14 nitrogen and oxygen atoms in total. The summed E-state index contributed by atoms with van der Waals surface area (Å²) < 4.78 is 22.8. The lowest BCUT2D eigenvalue weighted by atomic mass is 9.97. The third kappa shape index (κ3) is 31.8. The summed E-state index contributed by atoms with van der Waals surface area (Å²) in [6.07, 6.45) is 37.8. The summed E-state index contributed by atoms with van der Waals surface area (Å²) in [6.45, 7) is 2.82. The predicted octanol–water partition coefficient (Wildman–Crippen LogP) is 10.4. The van der Waals surface area contributed by atoms with Gasteiger partial charge in [-0.1, -0.05) is 231 Å². The Balaban J connectivity index is 1.75. The van der Waals surface area contributed by atoms with Crippen molar-refractivity contribution in [3.63, 3.8) is 0 Å². The largest absolute Gasteiger partial charge is 0.394 e. The van der Waals surface area contributed by atoms with Crippen molar-refractivity contribution in [1.29, 1.82) is 0 Å². The van der Waals surface area contributed by atoms with Gasteiger partial charge in [-0.2, -0.15) is 0 Å². The van der Waals surface area contributed by atoms with E-state index in [4.69, 9.17) is 18.9 Å². The van der Waals surface area contributed by atoms with E-state index in [2.05, 4.69) is 31.3 Å². The van der Waals surface area contributed by atoms with Gasteiger partial charge in [0.2, 0.25) is 5.91 Å². The molecule has 2 heterocycles. The first kappa shape index (κ1) is 68.6. The number of amides is 1. The van der Waals surface area contributed by atoms with Crippen molar-refractivity contribution in [1.82, 2.24) is 5.32 Å². The summed E-state index contributed by atoms with van der Waals surface area (Å²) in [6, 6.07) is -0.913. The van der Waals surface area contributed by atoms with E-state index in [0.717, 1.165) is 38.5 Å². The molecular formula is C60H113NO13. The first-order valence-electron chi connectivity index (χ1n) is 30.6. The number of aliphatic hydroxyl groups excluding tert-OH is 8. The Hall–Kier alpha value is -1.53. The molecule has 436 valence electrons. The minimum absolute atomic E-state index is 0.237. The molecule has 2 saturated heterocycles. The number of carbonyl (C=O) groups excluding carboxylic acids is 1. The molecule has 9 N–H and O–H groups in total. The van der Waals surface area contributed by atoms with Gasteiger partial charge in [-0.15, -0.1) is 0 Å². The lowest BCUT2D eigenvalue weighted by Gasteiger charge is -2.46. The molecule has 74 heavy (non-hydrogen) atoms. The average molecular weight is 1060 g/mol. The van der Waals surface area contributed by atoms with Crippen LogP contribution in [0.1, 0.15) is 258 Å². The number of allylic oxidation sites excluding steroid dienone is 3. The second-order valence-corrected chi connectivity index (χ2v) is 21.8. The highest BCUT2D eigenvalue weighted by molar-refractivity contribution is 5.76. The summed E-state index contributed by atoms with van der Waals surface area (Å²) in [5, 5.41) is 87.1. The van der Waals surface area contributed by atoms with E-state index in [-0.39, 0.29) is 18.9 Å². The number of carbonyl (C=O) groups is 1. The van der Waals surface area contributed by atoms with Gasteiger partial charge < -0.3 is 65.1 Å². The SMILES string of the molecule is CCCCCCCCCC/C=C\CCCCCCCCCCCCCC(=O)NC(COC1OC(CO)C(OC2OC(CO)C(O)C(O)C2O)C(O)C1O)C(O)/C=C/CCCCCCCCCCCCCCCCC. The molecule has 0 aromatic carbocycles. The van der Waals surface area contributed by atoms with Crippen LogP contribution in [0, 0.1) is 0 Å². The van der Waals surface area contributed by atoms with Gasteiger partial charge in [0.25, 0.3) is 0 Å². The number of unbranched alkanes of at least 4 members (excludes halogenated alkanes) is 34. The van der Waals surface area contributed by atoms with Gasteiger partial charge in [-0.3, -0.25) is 4.79 Å². The zero-order valence-corrected chi connectivity index (χ0v) is 46.8. The summed E-state index contributed by atoms with van der Waals surface area (Å²) in [4.78, 5) is 13.3. The normalized spacial score (nSPS) is 25.3. The average Bonchev–Trinajstić information content (AvgIpc) is 3.40. The highest BCUT2D eigenvalue weighted by Gasteiger charge is 2.51. The Morgan fingerprint density at radius 3 is 1.28 bits per heavy atom. The molecule has 2 rings (SSSR count). The molecule has 0 bridgehead atoms. The van der Waals surface area contributed by atoms with Gasteiger partial charge in [-0.25, -0.2) is 0 Å². The predicted molar refractivity (Wildman–Crippen MR) is 295 cm³/mol. The number of ether oxygens (including phenoxy) is 4. The van der Waals surface area contributed by atoms with Crippen LogP contribution in [0.5, 0.6) is 0 Å². The van der Waals surface area contributed by atoms with Crippen molar-refractivity contribution in [2.45, 2.75) is 331 Å². The van der Waals surface area contributed by atoms with Crippen LogP contribution >= 0.6 is 0 Å². The monoisotopic (exact) mass is 1060 g/mol. The van der Waals surface area contributed by atoms with Crippen LogP contribution in [0.4, 0.5) is 0 Å². The zero-order chi connectivity index (χ0) is 53.9. The molecule has 14 heteroatoms. The maximum absolute atomic E-state index is 13.3. The molecule has 0 aromatic rings. The number of nitrogens with one attached hydrogen (secondary N) is 1. The van der Waals surface area contributed by atoms with Crippen LogP contribution in [-0.2, 0) is 23.7 Å². The second kappa shape index (κ2) is 46.4. The van der Waals surface area contributed by atoms with Gasteiger partial charge in [0.1, 0.15) is 48.8 Å². The Bertz CT molecular complexity index is 1340. The summed E-state index contributed by atoms with van der Waals surface area (Å²) in [5.74, 6) is -0.237. The first-order chi connectivity index (χ1) is 36.1. The molecular weight excluding hydrogens is 943 g/mol. The molecule has 2 aliphatic rings. The van der Waals surface area contributed by atoms with Gasteiger partial charge in [0.15, 0.2) is 12.6 Å². The van der Waals surface area contributed by atoms with Gasteiger partial charge in [0.05, 0.1) is 32.0 Å². The van der Waals surface area contributed by atoms with E-state index in [0.29, 0.717) is 6.42 Å². The molecule has 2 aliphatic heterocycles. The van der Waals surface area contributed by atoms with Crippen molar-refractivity contribution in [2.75, 3.05) is 19.8 Å².